The molecule has 0 aromatic carbocycles. The fraction of sp³-hybridized carbons (Fsp3) is 0.545. The molecule has 0 saturated heterocycles. The first-order valence-electron chi connectivity index (χ1n) is 4.87. The van der Waals surface area contributed by atoms with Crippen molar-refractivity contribution in [1.29, 1.82) is 5.26 Å². The lowest BCUT2D eigenvalue weighted by molar-refractivity contribution is 0.228. The van der Waals surface area contributed by atoms with Gasteiger partial charge >= 0.3 is 6.01 Å². The topological polar surface area (TPSA) is 58.8 Å². The zero-order valence-corrected chi connectivity index (χ0v) is 9.32. The highest BCUT2D eigenvalue weighted by Gasteiger charge is 2.10. The third-order valence-electron chi connectivity index (χ3n) is 1.83. The highest BCUT2D eigenvalue weighted by molar-refractivity contribution is 5.19. The van der Waals surface area contributed by atoms with Gasteiger partial charge in [0.2, 0.25) is 0 Å². The highest BCUT2D eigenvalue weighted by atomic mass is 16.5. The van der Waals surface area contributed by atoms with Crippen LogP contribution in [0.2, 0.25) is 0 Å². The van der Waals surface area contributed by atoms with Crippen LogP contribution in [0.25, 0.3) is 0 Å². The lowest BCUT2D eigenvalue weighted by Gasteiger charge is -2.17. The maximum atomic E-state index is 8.62. The number of aromatic nitrogens is 2. The summed E-state index contributed by atoms with van der Waals surface area (Å²) in [7, 11) is 0. The molecule has 1 aromatic heterocycles. The summed E-state index contributed by atoms with van der Waals surface area (Å²) in [6.07, 6.45) is 2.45. The average Bonchev–Trinajstić information content (AvgIpc) is 2.16. The predicted molar refractivity (Wildman–Crippen MR) is 56.3 cm³/mol. The van der Waals surface area contributed by atoms with Crippen LogP contribution in [0.5, 0.6) is 6.01 Å². The highest BCUT2D eigenvalue weighted by Crippen LogP contribution is 2.18. The van der Waals surface area contributed by atoms with Gasteiger partial charge in [0.25, 0.3) is 0 Å². The molecule has 4 heteroatoms. The number of rotatable bonds is 3. The second-order valence-electron chi connectivity index (χ2n) is 4.50. The molecule has 0 saturated carbocycles. The molecule has 0 aliphatic carbocycles. The Morgan fingerprint density at radius 3 is 2.80 bits per heavy atom. The van der Waals surface area contributed by atoms with E-state index in [4.69, 9.17) is 10.00 Å². The molecule has 0 unspecified atom stereocenters. The summed E-state index contributed by atoms with van der Waals surface area (Å²) in [6, 6.07) is 3.77. The largest absolute Gasteiger partial charge is 0.463 e. The summed E-state index contributed by atoms with van der Waals surface area (Å²) in [5.74, 6) is 0. The van der Waals surface area contributed by atoms with Gasteiger partial charge in [-0.2, -0.15) is 10.2 Å². The lowest BCUT2D eigenvalue weighted by atomic mass is 9.93. The van der Waals surface area contributed by atoms with Gasteiger partial charge in [0, 0.05) is 6.20 Å². The number of ether oxygens (including phenoxy) is 1. The van der Waals surface area contributed by atoms with Crippen LogP contribution in [-0.2, 0) is 0 Å². The van der Waals surface area contributed by atoms with Crippen molar-refractivity contribution in [1.82, 2.24) is 9.97 Å². The van der Waals surface area contributed by atoms with Crippen molar-refractivity contribution in [2.24, 2.45) is 5.41 Å². The summed E-state index contributed by atoms with van der Waals surface area (Å²) in [6.45, 7) is 6.99. The van der Waals surface area contributed by atoms with E-state index in [1.807, 2.05) is 6.07 Å². The van der Waals surface area contributed by atoms with Crippen LogP contribution < -0.4 is 4.74 Å². The zero-order chi connectivity index (χ0) is 11.3. The number of nitriles is 1. The van der Waals surface area contributed by atoms with E-state index in [0.717, 1.165) is 6.42 Å². The van der Waals surface area contributed by atoms with Crippen LogP contribution in [0, 0.1) is 16.7 Å². The van der Waals surface area contributed by atoms with Gasteiger partial charge in [-0.3, -0.25) is 0 Å². The molecule has 0 bridgehead atoms. The van der Waals surface area contributed by atoms with Crippen molar-refractivity contribution < 1.29 is 4.74 Å². The maximum Gasteiger partial charge on any atom is 0.317 e. The van der Waals surface area contributed by atoms with Crippen molar-refractivity contribution in [2.75, 3.05) is 6.61 Å². The summed E-state index contributed by atoms with van der Waals surface area (Å²) < 4.78 is 5.35. The van der Waals surface area contributed by atoms with E-state index in [9.17, 15) is 0 Å². The molecule has 80 valence electrons. The Bertz CT molecular complexity index is 363. The smallest absolute Gasteiger partial charge is 0.317 e. The molecule has 1 aromatic rings. The monoisotopic (exact) mass is 205 g/mol. The standard InChI is InChI=1S/C11H15N3O/c1-11(2,3)5-7-15-10-13-6-4-9(8-12)14-10/h4,6H,5,7H2,1-3H3. The van der Waals surface area contributed by atoms with Gasteiger partial charge in [-0.05, 0) is 17.9 Å². The van der Waals surface area contributed by atoms with Crippen LogP contribution in [0.15, 0.2) is 12.3 Å². The Balaban J connectivity index is 2.48. The van der Waals surface area contributed by atoms with E-state index in [2.05, 4.69) is 30.7 Å². The molecule has 0 atom stereocenters. The summed E-state index contributed by atoms with van der Waals surface area (Å²) in [5, 5.41) is 8.62. The Kier molecular flexibility index (Phi) is 3.62. The van der Waals surface area contributed by atoms with Crippen molar-refractivity contribution in [3.8, 4) is 12.1 Å². The van der Waals surface area contributed by atoms with Crippen molar-refractivity contribution >= 4 is 0 Å². The maximum absolute atomic E-state index is 8.62. The Hall–Kier alpha value is -1.63. The molecule has 0 fully saturated rings. The van der Waals surface area contributed by atoms with Crippen molar-refractivity contribution in [2.45, 2.75) is 27.2 Å². The molecule has 0 aliphatic heterocycles. The predicted octanol–water partition coefficient (Wildman–Crippen LogP) is 2.16. The van der Waals surface area contributed by atoms with Gasteiger partial charge in [0.05, 0.1) is 6.61 Å². The van der Waals surface area contributed by atoms with Gasteiger partial charge in [0.1, 0.15) is 11.8 Å². The third kappa shape index (κ3) is 4.41. The quantitative estimate of drug-likeness (QED) is 0.758. The normalized spacial score (nSPS) is 10.8. The van der Waals surface area contributed by atoms with E-state index >= 15 is 0 Å². The fourth-order valence-electron chi connectivity index (χ4n) is 0.921. The van der Waals surface area contributed by atoms with Crippen molar-refractivity contribution in [3.63, 3.8) is 0 Å². The van der Waals surface area contributed by atoms with E-state index in [-0.39, 0.29) is 11.4 Å². The molecular formula is C11H15N3O. The lowest BCUT2D eigenvalue weighted by Crippen LogP contribution is -2.12. The summed E-state index contributed by atoms with van der Waals surface area (Å²) >= 11 is 0. The van der Waals surface area contributed by atoms with E-state index in [1.54, 1.807) is 6.07 Å². The Morgan fingerprint density at radius 1 is 1.47 bits per heavy atom. The number of hydrogen-bond donors (Lipinski definition) is 0. The minimum atomic E-state index is 0.229. The van der Waals surface area contributed by atoms with Crippen LogP contribution in [-0.4, -0.2) is 16.6 Å². The van der Waals surface area contributed by atoms with Gasteiger partial charge in [-0.1, -0.05) is 20.8 Å². The van der Waals surface area contributed by atoms with Crippen LogP contribution in [0.4, 0.5) is 0 Å². The second-order valence-corrected chi connectivity index (χ2v) is 4.50. The Labute approximate surface area is 89.9 Å². The Morgan fingerprint density at radius 2 is 2.20 bits per heavy atom. The minimum absolute atomic E-state index is 0.229. The first-order valence-corrected chi connectivity index (χ1v) is 4.87. The van der Waals surface area contributed by atoms with Crippen LogP contribution >= 0.6 is 0 Å². The molecule has 0 amide bonds. The molecule has 0 radical (unpaired) electrons. The number of nitrogens with zero attached hydrogens (tertiary/aromatic N) is 3. The van der Waals surface area contributed by atoms with Gasteiger partial charge < -0.3 is 4.74 Å². The zero-order valence-electron chi connectivity index (χ0n) is 9.32. The SMILES string of the molecule is CC(C)(C)CCOc1nccc(C#N)n1. The van der Waals surface area contributed by atoms with E-state index in [0.29, 0.717) is 12.3 Å². The second kappa shape index (κ2) is 4.74. The molecule has 0 N–H and O–H groups in total. The molecule has 15 heavy (non-hydrogen) atoms. The van der Waals surface area contributed by atoms with Crippen LogP contribution in [0.1, 0.15) is 32.9 Å². The molecule has 0 aliphatic rings. The summed E-state index contributed by atoms with van der Waals surface area (Å²) in [4.78, 5) is 7.84. The summed E-state index contributed by atoms with van der Waals surface area (Å²) in [5.41, 5.74) is 0.558. The first-order chi connectivity index (χ1) is 7.01. The fourth-order valence-corrected chi connectivity index (χ4v) is 0.921. The minimum Gasteiger partial charge on any atom is -0.463 e. The molecule has 1 rings (SSSR count). The first kappa shape index (κ1) is 11.4. The van der Waals surface area contributed by atoms with E-state index < -0.39 is 0 Å². The van der Waals surface area contributed by atoms with Crippen LogP contribution in [0.3, 0.4) is 0 Å². The molecular weight excluding hydrogens is 190 g/mol. The molecule has 0 spiro atoms. The van der Waals surface area contributed by atoms with Gasteiger partial charge in [-0.25, -0.2) is 4.98 Å². The number of hydrogen-bond acceptors (Lipinski definition) is 4. The van der Waals surface area contributed by atoms with Gasteiger partial charge in [0.15, 0.2) is 0 Å². The third-order valence-corrected chi connectivity index (χ3v) is 1.83. The van der Waals surface area contributed by atoms with E-state index in [1.165, 1.54) is 6.20 Å². The molecule has 1 heterocycles. The molecule has 4 nitrogen and oxygen atoms in total. The average molecular weight is 205 g/mol. The van der Waals surface area contributed by atoms with Crippen molar-refractivity contribution in [3.05, 3.63) is 18.0 Å². The van der Waals surface area contributed by atoms with Gasteiger partial charge in [-0.15, -0.1) is 0 Å².